The molecule has 0 saturated carbocycles. The van der Waals surface area contributed by atoms with E-state index in [0.717, 1.165) is 50.0 Å². The number of rotatable bonds is 11. The first-order valence-electron chi connectivity index (χ1n) is 9.70. The van der Waals surface area contributed by atoms with E-state index in [9.17, 15) is 4.79 Å². The molecular weight excluding hydrogens is 418 g/mol. The van der Waals surface area contributed by atoms with Crippen molar-refractivity contribution in [1.29, 1.82) is 0 Å². The number of carbonyl (C=O) groups excluding carboxylic acids is 1. The van der Waals surface area contributed by atoms with Gasteiger partial charge in [-0.3, -0.25) is 0 Å². The van der Waals surface area contributed by atoms with Crippen molar-refractivity contribution in [2.75, 3.05) is 25.0 Å². The summed E-state index contributed by atoms with van der Waals surface area (Å²) in [5.41, 5.74) is 8.18. The van der Waals surface area contributed by atoms with Gasteiger partial charge in [-0.2, -0.15) is 0 Å². The van der Waals surface area contributed by atoms with Crippen LogP contribution in [0.2, 0.25) is 0 Å². The first-order chi connectivity index (χ1) is 13.1. The van der Waals surface area contributed by atoms with E-state index in [1.807, 2.05) is 42.5 Å². The monoisotopic (exact) mass is 449 g/mol. The average molecular weight is 450 g/mol. The number of carbonyl (C=O) groups is 1. The van der Waals surface area contributed by atoms with Crippen LogP contribution in [0.25, 0.3) is 0 Å². The fourth-order valence-electron chi connectivity index (χ4n) is 3.08. The zero-order chi connectivity index (χ0) is 19.5. The second-order valence-corrected chi connectivity index (χ2v) is 6.69. The van der Waals surface area contributed by atoms with E-state index < -0.39 is 6.03 Å². The lowest BCUT2D eigenvalue weighted by molar-refractivity contribution is 0.259. The van der Waals surface area contributed by atoms with Crippen LogP contribution in [0.15, 0.2) is 48.5 Å². The molecule has 154 valence electrons. The van der Waals surface area contributed by atoms with Crippen molar-refractivity contribution in [3.63, 3.8) is 0 Å². The lowest BCUT2D eigenvalue weighted by Crippen LogP contribution is -2.27. The molecule has 0 radical (unpaired) electrons. The third-order valence-corrected chi connectivity index (χ3v) is 4.34. The number of hydrogen-bond donors (Lipinski definition) is 2. The summed E-state index contributed by atoms with van der Waals surface area (Å²) in [5, 5.41) is 2.69. The molecule has 0 aliphatic rings. The van der Waals surface area contributed by atoms with Gasteiger partial charge in [0.05, 0.1) is 5.69 Å². The molecule has 3 N–H and O–H groups in total. The maximum absolute atomic E-state index is 11.4. The second-order valence-electron chi connectivity index (χ2n) is 6.69. The van der Waals surface area contributed by atoms with Gasteiger partial charge in [-0.15, -0.1) is 17.0 Å². The number of amides is 2. The molecule has 0 unspecified atom stereocenters. The van der Waals surface area contributed by atoms with Gasteiger partial charge in [0.25, 0.3) is 0 Å². The van der Waals surface area contributed by atoms with Crippen molar-refractivity contribution in [2.45, 2.75) is 39.7 Å². The average Bonchev–Trinajstić information content (AvgIpc) is 2.66. The number of anilines is 1. The van der Waals surface area contributed by atoms with Crippen molar-refractivity contribution in [1.82, 2.24) is 4.90 Å². The largest absolute Gasteiger partial charge is 0.487 e. The summed E-state index contributed by atoms with van der Waals surface area (Å²) >= 11 is 0. The van der Waals surface area contributed by atoms with Gasteiger partial charge >= 0.3 is 6.03 Å². The standard InChI is InChI=1S/C22H31N3O2.BrH/c1-3-13-25(14-4-2)15-12-18-10-11-21(20(16-18)24-22(23)26)27-17-19-8-6-5-7-9-19;/h5-11,16H,3-4,12-15,17H2,1-2H3,(H3,23,24,26);1H. The highest BCUT2D eigenvalue weighted by Crippen LogP contribution is 2.27. The van der Waals surface area contributed by atoms with E-state index in [1.165, 1.54) is 0 Å². The molecule has 0 saturated heterocycles. The van der Waals surface area contributed by atoms with Crippen molar-refractivity contribution < 1.29 is 9.53 Å². The van der Waals surface area contributed by atoms with Gasteiger partial charge < -0.3 is 20.7 Å². The summed E-state index contributed by atoms with van der Waals surface area (Å²) in [6.07, 6.45) is 3.23. The fourth-order valence-corrected chi connectivity index (χ4v) is 3.08. The summed E-state index contributed by atoms with van der Waals surface area (Å²) in [6, 6.07) is 15.3. The van der Waals surface area contributed by atoms with E-state index in [0.29, 0.717) is 18.0 Å². The van der Waals surface area contributed by atoms with E-state index in [2.05, 4.69) is 30.1 Å². The van der Waals surface area contributed by atoms with Gasteiger partial charge in [0, 0.05) is 6.54 Å². The van der Waals surface area contributed by atoms with Crippen LogP contribution >= 0.6 is 17.0 Å². The maximum atomic E-state index is 11.4. The van der Waals surface area contributed by atoms with Gasteiger partial charge in [0.1, 0.15) is 12.4 Å². The van der Waals surface area contributed by atoms with Crippen LogP contribution in [-0.2, 0) is 13.0 Å². The zero-order valence-corrected chi connectivity index (χ0v) is 18.5. The van der Waals surface area contributed by atoms with E-state index in [4.69, 9.17) is 10.5 Å². The minimum atomic E-state index is -0.588. The Labute approximate surface area is 179 Å². The van der Waals surface area contributed by atoms with Gasteiger partial charge in [0.15, 0.2) is 0 Å². The number of ether oxygens (including phenoxy) is 1. The second kappa shape index (κ2) is 13.2. The molecule has 2 rings (SSSR count). The van der Waals surface area contributed by atoms with Crippen molar-refractivity contribution in [3.05, 3.63) is 59.7 Å². The SMILES string of the molecule is Br.CCCN(CCC)CCc1ccc(OCc2ccccc2)c(NC(N)=O)c1. The van der Waals surface area contributed by atoms with Crippen LogP contribution in [0.4, 0.5) is 10.5 Å². The highest BCUT2D eigenvalue weighted by atomic mass is 79.9. The lowest BCUT2D eigenvalue weighted by Gasteiger charge is -2.21. The van der Waals surface area contributed by atoms with E-state index in [-0.39, 0.29) is 17.0 Å². The quantitative estimate of drug-likeness (QED) is 0.507. The van der Waals surface area contributed by atoms with Gasteiger partial charge in [-0.25, -0.2) is 4.79 Å². The minimum absolute atomic E-state index is 0. The Bertz CT molecular complexity index is 704. The Hall–Kier alpha value is -2.05. The molecule has 28 heavy (non-hydrogen) atoms. The van der Waals surface area contributed by atoms with Gasteiger partial charge in [-0.05, 0) is 55.6 Å². The molecular formula is C22H32BrN3O2. The Morgan fingerprint density at radius 3 is 2.29 bits per heavy atom. The minimum Gasteiger partial charge on any atom is -0.487 e. The Kier molecular flexibility index (Phi) is 11.3. The summed E-state index contributed by atoms with van der Waals surface area (Å²) in [5.74, 6) is 0.625. The summed E-state index contributed by atoms with van der Waals surface area (Å²) in [6.45, 7) is 8.07. The fraction of sp³-hybridized carbons (Fsp3) is 0.409. The Morgan fingerprint density at radius 1 is 1.00 bits per heavy atom. The molecule has 0 fully saturated rings. The molecule has 0 aliphatic carbocycles. The highest BCUT2D eigenvalue weighted by Gasteiger charge is 2.09. The van der Waals surface area contributed by atoms with Gasteiger partial charge in [0.2, 0.25) is 0 Å². The number of nitrogens with one attached hydrogen (secondary N) is 1. The van der Waals surface area contributed by atoms with Crippen molar-refractivity contribution >= 4 is 28.7 Å². The van der Waals surface area contributed by atoms with Crippen LogP contribution in [0.5, 0.6) is 5.75 Å². The van der Waals surface area contributed by atoms with Crippen LogP contribution < -0.4 is 15.8 Å². The molecule has 0 aromatic heterocycles. The smallest absolute Gasteiger partial charge is 0.316 e. The third kappa shape index (κ3) is 8.31. The molecule has 2 aromatic rings. The van der Waals surface area contributed by atoms with Gasteiger partial charge in [-0.1, -0.05) is 50.2 Å². The number of benzene rings is 2. The number of primary amides is 1. The predicted octanol–water partition coefficient (Wildman–Crippen LogP) is 5.00. The van der Waals surface area contributed by atoms with Crippen LogP contribution in [-0.4, -0.2) is 30.6 Å². The number of nitrogens with two attached hydrogens (primary N) is 1. The topological polar surface area (TPSA) is 67.6 Å². The molecule has 0 heterocycles. The van der Waals surface area contributed by atoms with Crippen LogP contribution in [0.1, 0.15) is 37.8 Å². The molecule has 6 heteroatoms. The van der Waals surface area contributed by atoms with E-state index >= 15 is 0 Å². The highest BCUT2D eigenvalue weighted by molar-refractivity contribution is 8.93. The predicted molar refractivity (Wildman–Crippen MR) is 121 cm³/mol. The molecule has 0 bridgehead atoms. The lowest BCUT2D eigenvalue weighted by atomic mass is 10.1. The summed E-state index contributed by atoms with van der Waals surface area (Å²) in [4.78, 5) is 13.9. The first kappa shape index (κ1) is 24.0. The Balaban J connectivity index is 0.00000392. The third-order valence-electron chi connectivity index (χ3n) is 4.34. The van der Waals surface area contributed by atoms with Crippen molar-refractivity contribution in [3.8, 4) is 5.75 Å². The molecule has 0 spiro atoms. The van der Waals surface area contributed by atoms with Crippen molar-refractivity contribution in [2.24, 2.45) is 5.73 Å². The molecule has 2 aromatic carbocycles. The maximum Gasteiger partial charge on any atom is 0.316 e. The number of hydrogen-bond acceptors (Lipinski definition) is 3. The summed E-state index contributed by atoms with van der Waals surface area (Å²) < 4.78 is 5.90. The van der Waals surface area contributed by atoms with Crippen LogP contribution in [0, 0.1) is 0 Å². The summed E-state index contributed by atoms with van der Waals surface area (Å²) in [7, 11) is 0. The molecule has 2 amide bonds. The normalized spacial score (nSPS) is 10.4. The molecule has 5 nitrogen and oxygen atoms in total. The zero-order valence-electron chi connectivity index (χ0n) is 16.8. The molecule has 0 atom stereocenters. The van der Waals surface area contributed by atoms with Crippen LogP contribution in [0.3, 0.4) is 0 Å². The van der Waals surface area contributed by atoms with E-state index in [1.54, 1.807) is 0 Å². The Morgan fingerprint density at radius 2 is 1.68 bits per heavy atom. The first-order valence-corrected chi connectivity index (χ1v) is 9.70. The number of halogens is 1. The number of nitrogens with zero attached hydrogens (tertiary/aromatic N) is 1. The molecule has 0 aliphatic heterocycles. The number of urea groups is 1.